The third kappa shape index (κ3) is 5.03. The van der Waals surface area contributed by atoms with E-state index in [9.17, 15) is 26.0 Å². The van der Waals surface area contributed by atoms with Gasteiger partial charge in [-0.25, -0.2) is 21.9 Å². The number of hydrogen-bond acceptors (Lipinski definition) is 3. The van der Waals surface area contributed by atoms with Gasteiger partial charge in [-0.2, -0.15) is 8.78 Å². The second kappa shape index (κ2) is 5.74. The molecule has 0 unspecified atom stereocenters. The van der Waals surface area contributed by atoms with Gasteiger partial charge in [0.15, 0.2) is 0 Å². The van der Waals surface area contributed by atoms with Gasteiger partial charge in [0.2, 0.25) is 10.0 Å². The molecule has 1 aromatic rings. The molecule has 0 radical (unpaired) electrons. The summed E-state index contributed by atoms with van der Waals surface area (Å²) in [7, 11) is -4.12. The summed E-state index contributed by atoms with van der Waals surface area (Å²) in [5, 5.41) is 0. The van der Waals surface area contributed by atoms with Crippen LogP contribution in [0.2, 0.25) is 0 Å². The minimum atomic E-state index is -4.39. The smallest absolute Gasteiger partial charge is 0.320 e. The van der Waals surface area contributed by atoms with E-state index < -0.39 is 34.7 Å². The van der Waals surface area contributed by atoms with Crippen molar-refractivity contribution < 1.29 is 26.0 Å². The third-order valence-electron chi connectivity index (χ3n) is 2.18. The first-order chi connectivity index (χ1) is 8.62. The van der Waals surface area contributed by atoms with Crippen LogP contribution in [0.15, 0.2) is 24.3 Å². The highest BCUT2D eigenvalue weighted by Crippen LogP contribution is 2.22. The number of sulfonamides is 1. The molecular weight excluding hydrogens is 288 g/mol. The Balaban J connectivity index is 2.65. The van der Waals surface area contributed by atoms with Gasteiger partial charge >= 0.3 is 12.3 Å². The van der Waals surface area contributed by atoms with Crippen LogP contribution in [0.5, 0.6) is 0 Å². The molecule has 0 saturated heterocycles. The van der Waals surface area contributed by atoms with E-state index in [0.717, 1.165) is 0 Å². The zero-order valence-electron chi connectivity index (χ0n) is 9.61. The van der Waals surface area contributed by atoms with Crippen LogP contribution >= 0.6 is 0 Å². The van der Waals surface area contributed by atoms with E-state index in [1.165, 1.54) is 29.0 Å². The molecule has 0 saturated carbocycles. The second-order valence-electron chi connectivity index (χ2n) is 3.88. The summed E-state index contributed by atoms with van der Waals surface area (Å²) < 4.78 is 73.2. The summed E-state index contributed by atoms with van der Waals surface area (Å²) >= 11 is 0. The zero-order chi connectivity index (χ0) is 14.7. The summed E-state index contributed by atoms with van der Waals surface area (Å²) in [6.45, 7) is -1.64. The largest absolute Gasteiger partial charge is 0.399 e. The van der Waals surface area contributed by atoms with Crippen LogP contribution < -0.4 is 10.5 Å². The lowest BCUT2D eigenvalue weighted by Gasteiger charge is -2.15. The van der Waals surface area contributed by atoms with Crippen molar-refractivity contribution in [2.24, 2.45) is 0 Å². The number of benzene rings is 1. The maximum Gasteiger partial charge on any atom is 0.320 e. The lowest BCUT2D eigenvalue weighted by molar-refractivity contribution is -0.122. The van der Waals surface area contributed by atoms with Crippen LogP contribution in [0.3, 0.4) is 0 Å². The molecule has 0 aromatic heterocycles. The summed E-state index contributed by atoms with van der Waals surface area (Å²) in [4.78, 5) is 0. The van der Waals surface area contributed by atoms with Gasteiger partial charge in [0.05, 0.1) is 12.3 Å². The number of nitrogen functional groups attached to an aromatic ring is 1. The number of nitrogens with two attached hydrogens (primary N) is 1. The van der Waals surface area contributed by atoms with E-state index in [4.69, 9.17) is 5.73 Å². The molecule has 9 heteroatoms. The summed E-state index contributed by atoms with van der Waals surface area (Å²) in [5.41, 5.74) is 6.11. The van der Waals surface area contributed by atoms with E-state index in [2.05, 4.69) is 0 Å². The van der Waals surface area contributed by atoms with Crippen molar-refractivity contribution in [1.82, 2.24) is 4.72 Å². The molecule has 0 aliphatic rings. The highest BCUT2D eigenvalue weighted by molar-refractivity contribution is 7.88. The normalized spacial score (nSPS) is 12.9. The molecule has 1 aromatic carbocycles. The minimum absolute atomic E-state index is 0.307. The molecule has 0 aliphatic carbocycles. The van der Waals surface area contributed by atoms with Crippen LogP contribution in [-0.4, -0.2) is 27.3 Å². The van der Waals surface area contributed by atoms with Crippen molar-refractivity contribution in [1.29, 1.82) is 0 Å². The van der Waals surface area contributed by atoms with E-state index in [1.54, 1.807) is 0 Å². The van der Waals surface area contributed by atoms with Gasteiger partial charge in [-0.15, -0.1) is 0 Å². The van der Waals surface area contributed by atoms with E-state index in [-0.39, 0.29) is 0 Å². The van der Waals surface area contributed by atoms with Crippen molar-refractivity contribution >= 4 is 15.7 Å². The molecule has 4 nitrogen and oxygen atoms in total. The Hall–Kier alpha value is -1.35. The highest BCUT2D eigenvalue weighted by atomic mass is 32.2. The van der Waals surface area contributed by atoms with Gasteiger partial charge in [0.1, 0.15) is 0 Å². The fourth-order valence-corrected chi connectivity index (χ4v) is 2.31. The second-order valence-corrected chi connectivity index (χ2v) is 5.69. The quantitative estimate of drug-likeness (QED) is 0.619. The Morgan fingerprint density at radius 1 is 1.21 bits per heavy atom. The number of anilines is 1. The minimum Gasteiger partial charge on any atom is -0.399 e. The van der Waals surface area contributed by atoms with Crippen molar-refractivity contribution in [2.45, 2.75) is 18.1 Å². The SMILES string of the molecule is Nc1ccc(CS(=O)(=O)NCC(F)(F)C(F)F)cc1. The van der Waals surface area contributed by atoms with Crippen molar-refractivity contribution in [3.05, 3.63) is 29.8 Å². The Kier molecular flexibility index (Phi) is 4.75. The molecule has 19 heavy (non-hydrogen) atoms. The number of rotatable bonds is 6. The summed E-state index contributed by atoms with van der Waals surface area (Å²) in [6.07, 6.45) is -3.92. The van der Waals surface area contributed by atoms with Crippen molar-refractivity contribution in [3.63, 3.8) is 0 Å². The predicted octanol–water partition coefficient (Wildman–Crippen LogP) is 1.59. The summed E-state index contributed by atoms with van der Waals surface area (Å²) in [5.74, 6) is -4.99. The molecule has 0 fully saturated rings. The number of hydrogen-bond donors (Lipinski definition) is 2. The van der Waals surface area contributed by atoms with Crippen molar-refractivity contribution in [3.8, 4) is 0 Å². The van der Waals surface area contributed by atoms with Gasteiger partial charge in [-0.05, 0) is 17.7 Å². The molecule has 108 valence electrons. The van der Waals surface area contributed by atoms with E-state index in [0.29, 0.717) is 11.3 Å². The molecule has 3 N–H and O–H groups in total. The van der Waals surface area contributed by atoms with Crippen LogP contribution in [0.25, 0.3) is 0 Å². The van der Waals surface area contributed by atoms with Gasteiger partial charge in [0.25, 0.3) is 0 Å². The fourth-order valence-electron chi connectivity index (χ4n) is 1.17. The molecule has 0 bridgehead atoms. The van der Waals surface area contributed by atoms with Gasteiger partial charge < -0.3 is 5.73 Å². The molecule has 1 rings (SSSR count). The number of nitrogens with one attached hydrogen (secondary N) is 1. The molecule has 0 heterocycles. The van der Waals surface area contributed by atoms with Crippen LogP contribution in [-0.2, 0) is 15.8 Å². The standard InChI is InChI=1S/C10H12F4N2O2S/c11-9(12)10(13,14)6-16-19(17,18)5-7-1-3-8(15)4-2-7/h1-4,9,16H,5-6,15H2. The molecule has 0 aliphatic heterocycles. The van der Waals surface area contributed by atoms with Crippen LogP contribution in [0.1, 0.15) is 5.56 Å². The molecule has 0 spiro atoms. The van der Waals surface area contributed by atoms with Gasteiger partial charge in [-0.1, -0.05) is 12.1 Å². The Morgan fingerprint density at radius 2 is 1.74 bits per heavy atom. The first-order valence-corrected chi connectivity index (χ1v) is 6.75. The average Bonchev–Trinajstić information content (AvgIpc) is 2.30. The lowest BCUT2D eigenvalue weighted by atomic mass is 10.2. The topological polar surface area (TPSA) is 72.2 Å². The number of halogens is 4. The highest BCUT2D eigenvalue weighted by Gasteiger charge is 2.41. The van der Waals surface area contributed by atoms with Crippen molar-refractivity contribution in [2.75, 3.05) is 12.3 Å². The molecule has 0 atom stereocenters. The maximum absolute atomic E-state index is 12.6. The average molecular weight is 300 g/mol. The third-order valence-corrected chi connectivity index (χ3v) is 3.48. The van der Waals surface area contributed by atoms with Gasteiger partial charge in [0, 0.05) is 5.69 Å². The zero-order valence-corrected chi connectivity index (χ0v) is 10.4. The fraction of sp³-hybridized carbons (Fsp3) is 0.400. The Bertz CT molecular complexity index is 517. The first-order valence-electron chi connectivity index (χ1n) is 5.10. The number of alkyl halides is 4. The van der Waals surface area contributed by atoms with Crippen LogP contribution in [0, 0.1) is 0 Å². The first kappa shape index (κ1) is 15.7. The molecule has 0 amide bonds. The Labute approximate surface area is 107 Å². The molecular formula is C10H12F4N2O2S. The lowest BCUT2D eigenvalue weighted by Crippen LogP contribution is -2.41. The van der Waals surface area contributed by atoms with Crippen LogP contribution in [0.4, 0.5) is 23.2 Å². The monoisotopic (exact) mass is 300 g/mol. The van der Waals surface area contributed by atoms with Gasteiger partial charge in [-0.3, -0.25) is 0 Å². The van der Waals surface area contributed by atoms with E-state index >= 15 is 0 Å². The van der Waals surface area contributed by atoms with E-state index in [1.807, 2.05) is 0 Å². The Morgan fingerprint density at radius 3 is 2.21 bits per heavy atom. The summed E-state index contributed by atoms with van der Waals surface area (Å²) in [6, 6.07) is 5.69. The maximum atomic E-state index is 12.6. The predicted molar refractivity (Wildman–Crippen MR) is 62.4 cm³/mol.